The van der Waals surface area contributed by atoms with Gasteiger partial charge in [-0.1, -0.05) is 19.9 Å². The first-order valence-electron chi connectivity index (χ1n) is 8.30. The normalized spacial score (nSPS) is 21.5. The summed E-state index contributed by atoms with van der Waals surface area (Å²) in [5, 5.41) is 3.51. The Morgan fingerprint density at radius 1 is 1.33 bits per heavy atom. The highest BCUT2D eigenvalue weighted by atomic mass is 15.3. The van der Waals surface area contributed by atoms with Crippen molar-refractivity contribution in [2.45, 2.75) is 45.7 Å². The zero-order chi connectivity index (χ0) is 15.2. The van der Waals surface area contributed by atoms with Crippen LogP contribution in [0.3, 0.4) is 0 Å². The number of anilines is 1. The quantitative estimate of drug-likeness (QED) is 0.873. The molecular formula is C17H30N4. The van der Waals surface area contributed by atoms with Crippen LogP contribution in [-0.2, 0) is 0 Å². The standard InChI is InChI=1S/C17H30N4/c1-5-9-18-14(3)15-7-8-17(19-12-15)21-11-10-20(4)16(6-2)13-21/h7-8,12,14,16,18H,5-6,9-11,13H2,1-4H3. The molecule has 2 atom stereocenters. The van der Waals surface area contributed by atoms with Crippen molar-refractivity contribution in [2.75, 3.05) is 38.1 Å². The highest BCUT2D eigenvalue weighted by Crippen LogP contribution is 2.20. The molecule has 4 nitrogen and oxygen atoms in total. The molecule has 1 fully saturated rings. The van der Waals surface area contributed by atoms with E-state index in [0.29, 0.717) is 12.1 Å². The van der Waals surface area contributed by atoms with Gasteiger partial charge in [0.2, 0.25) is 0 Å². The van der Waals surface area contributed by atoms with Gasteiger partial charge in [-0.05, 0) is 45.0 Å². The van der Waals surface area contributed by atoms with E-state index in [2.05, 4.69) is 55.1 Å². The van der Waals surface area contributed by atoms with Crippen molar-refractivity contribution in [3.63, 3.8) is 0 Å². The van der Waals surface area contributed by atoms with Crippen LogP contribution in [0.5, 0.6) is 0 Å². The molecule has 0 bridgehead atoms. The number of hydrogen-bond donors (Lipinski definition) is 1. The number of nitrogens with one attached hydrogen (secondary N) is 1. The second-order valence-corrected chi connectivity index (χ2v) is 6.11. The van der Waals surface area contributed by atoms with Crippen molar-refractivity contribution < 1.29 is 0 Å². The Bertz CT molecular complexity index is 417. The first-order valence-corrected chi connectivity index (χ1v) is 8.30. The third kappa shape index (κ3) is 4.17. The summed E-state index contributed by atoms with van der Waals surface area (Å²) < 4.78 is 0. The summed E-state index contributed by atoms with van der Waals surface area (Å²) >= 11 is 0. The molecule has 0 aliphatic carbocycles. The fraction of sp³-hybridized carbons (Fsp3) is 0.706. The molecule has 1 N–H and O–H groups in total. The molecule has 1 aromatic rings. The Morgan fingerprint density at radius 3 is 2.76 bits per heavy atom. The fourth-order valence-electron chi connectivity index (χ4n) is 2.91. The number of likely N-dealkylation sites (N-methyl/N-ethyl adjacent to an activating group) is 1. The SMILES string of the molecule is CCCNC(C)c1ccc(N2CCN(C)C(CC)C2)nc1. The predicted molar refractivity (Wildman–Crippen MR) is 89.9 cm³/mol. The highest BCUT2D eigenvalue weighted by molar-refractivity contribution is 5.40. The molecule has 118 valence electrons. The van der Waals surface area contributed by atoms with Crippen LogP contribution in [0.25, 0.3) is 0 Å². The number of rotatable bonds is 6. The smallest absolute Gasteiger partial charge is 0.128 e. The van der Waals surface area contributed by atoms with Gasteiger partial charge in [0, 0.05) is 37.9 Å². The number of hydrogen-bond acceptors (Lipinski definition) is 4. The molecule has 0 radical (unpaired) electrons. The molecule has 1 aromatic heterocycles. The third-order valence-electron chi connectivity index (χ3n) is 4.54. The summed E-state index contributed by atoms with van der Waals surface area (Å²) in [7, 11) is 2.23. The minimum Gasteiger partial charge on any atom is -0.354 e. The molecule has 1 saturated heterocycles. The lowest BCUT2D eigenvalue weighted by Gasteiger charge is -2.39. The zero-order valence-corrected chi connectivity index (χ0v) is 14.0. The van der Waals surface area contributed by atoms with Gasteiger partial charge in [-0.3, -0.25) is 4.90 Å². The second-order valence-electron chi connectivity index (χ2n) is 6.11. The molecule has 1 aliphatic heterocycles. The summed E-state index contributed by atoms with van der Waals surface area (Å²) in [5.74, 6) is 1.12. The summed E-state index contributed by atoms with van der Waals surface area (Å²) in [6, 6.07) is 5.42. The molecule has 0 amide bonds. The molecule has 1 aliphatic rings. The van der Waals surface area contributed by atoms with Gasteiger partial charge in [-0.2, -0.15) is 0 Å². The molecule has 0 saturated carbocycles. The van der Waals surface area contributed by atoms with Crippen molar-refractivity contribution in [1.29, 1.82) is 0 Å². The molecular weight excluding hydrogens is 260 g/mol. The van der Waals surface area contributed by atoms with E-state index < -0.39 is 0 Å². The summed E-state index contributed by atoms with van der Waals surface area (Å²) in [4.78, 5) is 9.57. The average Bonchev–Trinajstić information content (AvgIpc) is 2.53. The van der Waals surface area contributed by atoms with Crippen molar-refractivity contribution in [1.82, 2.24) is 15.2 Å². The maximum absolute atomic E-state index is 4.69. The molecule has 0 aromatic carbocycles. The van der Waals surface area contributed by atoms with Crippen molar-refractivity contribution in [3.05, 3.63) is 23.9 Å². The van der Waals surface area contributed by atoms with Crippen LogP contribution >= 0.6 is 0 Å². The Balaban J connectivity index is 1.98. The lowest BCUT2D eigenvalue weighted by Crippen LogP contribution is -2.51. The topological polar surface area (TPSA) is 31.4 Å². The monoisotopic (exact) mass is 290 g/mol. The molecule has 4 heteroatoms. The van der Waals surface area contributed by atoms with Crippen molar-refractivity contribution in [2.24, 2.45) is 0 Å². The fourth-order valence-corrected chi connectivity index (χ4v) is 2.91. The van der Waals surface area contributed by atoms with Crippen molar-refractivity contribution in [3.8, 4) is 0 Å². The lowest BCUT2D eigenvalue weighted by molar-refractivity contribution is 0.213. The van der Waals surface area contributed by atoms with Crippen LogP contribution in [0.4, 0.5) is 5.82 Å². The third-order valence-corrected chi connectivity index (χ3v) is 4.54. The van der Waals surface area contributed by atoms with E-state index in [4.69, 9.17) is 4.98 Å². The summed E-state index contributed by atoms with van der Waals surface area (Å²) in [6.45, 7) is 11.0. The van der Waals surface area contributed by atoms with Crippen LogP contribution < -0.4 is 10.2 Å². The van der Waals surface area contributed by atoms with Crippen LogP contribution in [0.2, 0.25) is 0 Å². The first-order chi connectivity index (χ1) is 10.2. The Morgan fingerprint density at radius 2 is 2.14 bits per heavy atom. The minimum atomic E-state index is 0.377. The van der Waals surface area contributed by atoms with Gasteiger partial charge in [-0.25, -0.2) is 4.98 Å². The highest BCUT2D eigenvalue weighted by Gasteiger charge is 2.23. The first kappa shape index (κ1) is 16.2. The van der Waals surface area contributed by atoms with Crippen LogP contribution in [0.1, 0.15) is 45.2 Å². The summed E-state index contributed by atoms with van der Waals surface area (Å²) in [5.41, 5.74) is 1.27. The van der Waals surface area contributed by atoms with E-state index in [1.54, 1.807) is 0 Å². The average molecular weight is 290 g/mol. The van der Waals surface area contributed by atoms with Gasteiger partial charge in [-0.15, -0.1) is 0 Å². The largest absolute Gasteiger partial charge is 0.354 e. The van der Waals surface area contributed by atoms with Gasteiger partial charge in [0.25, 0.3) is 0 Å². The molecule has 21 heavy (non-hydrogen) atoms. The number of aromatic nitrogens is 1. The molecule has 2 rings (SSSR count). The van der Waals surface area contributed by atoms with E-state index in [9.17, 15) is 0 Å². The van der Waals surface area contributed by atoms with E-state index in [-0.39, 0.29) is 0 Å². The van der Waals surface area contributed by atoms with E-state index in [1.165, 1.54) is 12.0 Å². The number of piperazine rings is 1. The van der Waals surface area contributed by atoms with Crippen molar-refractivity contribution >= 4 is 5.82 Å². The van der Waals surface area contributed by atoms with Gasteiger partial charge >= 0.3 is 0 Å². The van der Waals surface area contributed by atoms with Gasteiger partial charge in [0.15, 0.2) is 0 Å². The number of pyridine rings is 1. The lowest BCUT2D eigenvalue weighted by atomic mass is 10.1. The summed E-state index contributed by atoms with van der Waals surface area (Å²) in [6.07, 6.45) is 4.39. The van der Waals surface area contributed by atoms with E-state index >= 15 is 0 Å². The Kier molecular flexibility index (Phi) is 6.00. The Labute approximate surface area is 129 Å². The molecule has 2 heterocycles. The predicted octanol–water partition coefficient (Wildman–Crippen LogP) is 2.67. The van der Waals surface area contributed by atoms with Crippen LogP contribution in [0.15, 0.2) is 18.3 Å². The van der Waals surface area contributed by atoms with Gasteiger partial charge in [0.05, 0.1) is 0 Å². The van der Waals surface area contributed by atoms with E-state index in [1.807, 2.05) is 6.20 Å². The van der Waals surface area contributed by atoms with Gasteiger partial charge in [0.1, 0.15) is 5.82 Å². The van der Waals surface area contributed by atoms with Crippen LogP contribution in [-0.4, -0.2) is 49.2 Å². The maximum atomic E-state index is 4.69. The Hall–Kier alpha value is -1.13. The number of nitrogens with zero attached hydrogens (tertiary/aromatic N) is 3. The molecule has 2 unspecified atom stereocenters. The van der Waals surface area contributed by atoms with E-state index in [0.717, 1.165) is 38.4 Å². The minimum absolute atomic E-state index is 0.377. The van der Waals surface area contributed by atoms with Gasteiger partial charge < -0.3 is 10.2 Å². The van der Waals surface area contributed by atoms with Crippen LogP contribution in [0, 0.1) is 0 Å². The maximum Gasteiger partial charge on any atom is 0.128 e. The second kappa shape index (κ2) is 7.76. The zero-order valence-electron chi connectivity index (χ0n) is 14.0. The molecule has 0 spiro atoms.